The van der Waals surface area contributed by atoms with Crippen LogP contribution in [0.1, 0.15) is 13.8 Å². The van der Waals surface area contributed by atoms with Gasteiger partial charge in [-0.25, -0.2) is 0 Å². The predicted molar refractivity (Wildman–Crippen MR) is 65.7 cm³/mol. The van der Waals surface area contributed by atoms with E-state index in [9.17, 15) is 0 Å². The van der Waals surface area contributed by atoms with Crippen molar-refractivity contribution in [3.63, 3.8) is 0 Å². The Balaban J connectivity index is 2.77. The molecule has 0 aromatic heterocycles. The highest BCUT2D eigenvalue weighted by Crippen LogP contribution is 2.12. The SMILES string of the molecule is CCNC(=S)N(CC)c1ccccc1. The standard InChI is InChI=1S/C11H16N2S/c1-3-12-11(14)13(4-2)10-8-6-5-7-9-10/h5-9H,3-4H2,1-2H3,(H,12,14). The molecule has 0 spiro atoms. The van der Waals surface area contributed by atoms with E-state index in [0.29, 0.717) is 0 Å². The molecule has 0 aliphatic heterocycles. The van der Waals surface area contributed by atoms with E-state index in [1.807, 2.05) is 25.1 Å². The Morgan fingerprint density at radius 2 is 1.93 bits per heavy atom. The first-order valence-electron chi connectivity index (χ1n) is 4.90. The van der Waals surface area contributed by atoms with Crippen molar-refractivity contribution in [2.45, 2.75) is 13.8 Å². The highest BCUT2D eigenvalue weighted by molar-refractivity contribution is 7.80. The molecule has 14 heavy (non-hydrogen) atoms. The molecule has 0 bridgehead atoms. The molecule has 1 aromatic carbocycles. The fourth-order valence-corrected chi connectivity index (χ4v) is 1.68. The van der Waals surface area contributed by atoms with Crippen LogP contribution >= 0.6 is 12.2 Å². The lowest BCUT2D eigenvalue weighted by molar-refractivity contribution is 0.929. The van der Waals surface area contributed by atoms with Gasteiger partial charge < -0.3 is 10.2 Å². The molecule has 0 radical (unpaired) electrons. The molecule has 0 aliphatic carbocycles. The summed E-state index contributed by atoms with van der Waals surface area (Å²) in [5, 5.41) is 3.95. The van der Waals surface area contributed by atoms with Crippen molar-refractivity contribution in [2.24, 2.45) is 0 Å². The Morgan fingerprint density at radius 3 is 2.43 bits per heavy atom. The minimum Gasteiger partial charge on any atom is -0.363 e. The third-order valence-corrected chi connectivity index (χ3v) is 2.32. The number of thiocarbonyl (C=S) groups is 1. The normalized spacial score (nSPS) is 9.57. The number of hydrogen-bond donors (Lipinski definition) is 1. The molecule has 0 aliphatic rings. The minimum atomic E-state index is 0.793. The maximum atomic E-state index is 5.27. The van der Waals surface area contributed by atoms with Crippen LogP contribution in [0, 0.1) is 0 Å². The second kappa shape index (κ2) is 5.60. The minimum absolute atomic E-state index is 0.793. The molecule has 1 rings (SSSR count). The van der Waals surface area contributed by atoms with Crippen molar-refractivity contribution in [3.05, 3.63) is 30.3 Å². The van der Waals surface area contributed by atoms with Gasteiger partial charge in [0.2, 0.25) is 0 Å². The first kappa shape index (κ1) is 11.0. The molecule has 1 aromatic rings. The van der Waals surface area contributed by atoms with E-state index in [-0.39, 0.29) is 0 Å². The zero-order chi connectivity index (χ0) is 10.4. The summed E-state index contributed by atoms with van der Waals surface area (Å²) in [5.74, 6) is 0. The highest BCUT2D eigenvalue weighted by atomic mass is 32.1. The quantitative estimate of drug-likeness (QED) is 0.768. The maximum Gasteiger partial charge on any atom is 0.173 e. The fraction of sp³-hybridized carbons (Fsp3) is 0.364. The summed E-state index contributed by atoms with van der Waals surface area (Å²) in [6.07, 6.45) is 0. The molecule has 0 amide bonds. The van der Waals surface area contributed by atoms with Gasteiger partial charge in [0, 0.05) is 18.8 Å². The number of para-hydroxylation sites is 1. The molecule has 76 valence electrons. The van der Waals surface area contributed by atoms with Gasteiger partial charge in [-0.1, -0.05) is 18.2 Å². The zero-order valence-electron chi connectivity index (χ0n) is 8.66. The Labute approximate surface area is 90.9 Å². The van der Waals surface area contributed by atoms with Gasteiger partial charge in [0.05, 0.1) is 0 Å². The molecular weight excluding hydrogens is 192 g/mol. The van der Waals surface area contributed by atoms with Gasteiger partial charge in [0.15, 0.2) is 5.11 Å². The summed E-state index contributed by atoms with van der Waals surface area (Å²) in [6, 6.07) is 10.2. The highest BCUT2D eigenvalue weighted by Gasteiger charge is 2.07. The number of anilines is 1. The maximum absolute atomic E-state index is 5.27. The second-order valence-corrected chi connectivity index (χ2v) is 3.30. The van der Waals surface area contributed by atoms with E-state index in [1.165, 1.54) is 0 Å². The van der Waals surface area contributed by atoms with Crippen molar-refractivity contribution in [2.75, 3.05) is 18.0 Å². The van der Waals surface area contributed by atoms with Gasteiger partial charge in [-0.3, -0.25) is 0 Å². The Morgan fingerprint density at radius 1 is 1.29 bits per heavy atom. The van der Waals surface area contributed by atoms with Crippen molar-refractivity contribution >= 4 is 23.0 Å². The van der Waals surface area contributed by atoms with Gasteiger partial charge in [-0.2, -0.15) is 0 Å². The van der Waals surface area contributed by atoms with Gasteiger partial charge >= 0.3 is 0 Å². The molecular formula is C11H16N2S. The summed E-state index contributed by atoms with van der Waals surface area (Å²) in [4.78, 5) is 2.08. The van der Waals surface area contributed by atoms with E-state index >= 15 is 0 Å². The van der Waals surface area contributed by atoms with Crippen molar-refractivity contribution in [1.29, 1.82) is 0 Å². The number of rotatable bonds is 3. The van der Waals surface area contributed by atoms with E-state index in [1.54, 1.807) is 0 Å². The van der Waals surface area contributed by atoms with Gasteiger partial charge in [-0.05, 0) is 38.2 Å². The topological polar surface area (TPSA) is 15.3 Å². The summed E-state index contributed by atoms with van der Waals surface area (Å²) in [7, 11) is 0. The van der Waals surface area contributed by atoms with E-state index in [0.717, 1.165) is 23.9 Å². The monoisotopic (exact) mass is 208 g/mol. The lowest BCUT2D eigenvalue weighted by Gasteiger charge is -2.23. The van der Waals surface area contributed by atoms with Crippen molar-refractivity contribution in [1.82, 2.24) is 5.32 Å². The molecule has 0 fully saturated rings. The Hall–Kier alpha value is -1.09. The third kappa shape index (κ3) is 2.70. The fourth-order valence-electron chi connectivity index (χ4n) is 1.30. The summed E-state index contributed by atoms with van der Waals surface area (Å²) in [6.45, 7) is 5.89. The van der Waals surface area contributed by atoms with Gasteiger partial charge in [-0.15, -0.1) is 0 Å². The van der Waals surface area contributed by atoms with Crippen LogP contribution in [0.5, 0.6) is 0 Å². The number of hydrogen-bond acceptors (Lipinski definition) is 1. The van der Waals surface area contributed by atoms with Crippen LogP contribution < -0.4 is 10.2 Å². The lowest BCUT2D eigenvalue weighted by atomic mass is 10.3. The smallest absolute Gasteiger partial charge is 0.173 e. The number of nitrogens with zero attached hydrogens (tertiary/aromatic N) is 1. The average Bonchev–Trinajstić information content (AvgIpc) is 2.21. The van der Waals surface area contributed by atoms with Crippen LogP contribution in [0.4, 0.5) is 5.69 Å². The summed E-state index contributed by atoms with van der Waals surface area (Å²) >= 11 is 5.27. The largest absolute Gasteiger partial charge is 0.363 e. The van der Waals surface area contributed by atoms with Gasteiger partial charge in [0.25, 0.3) is 0 Å². The lowest BCUT2D eigenvalue weighted by Crippen LogP contribution is -2.39. The number of nitrogens with one attached hydrogen (secondary N) is 1. The summed E-state index contributed by atoms with van der Waals surface area (Å²) in [5.41, 5.74) is 1.14. The van der Waals surface area contributed by atoms with E-state index < -0.39 is 0 Å². The van der Waals surface area contributed by atoms with Crippen LogP contribution in [0.15, 0.2) is 30.3 Å². The molecule has 0 heterocycles. The van der Waals surface area contributed by atoms with Crippen molar-refractivity contribution in [3.8, 4) is 0 Å². The van der Waals surface area contributed by atoms with Crippen LogP contribution in [0.2, 0.25) is 0 Å². The van der Waals surface area contributed by atoms with Crippen LogP contribution in [-0.4, -0.2) is 18.2 Å². The zero-order valence-corrected chi connectivity index (χ0v) is 9.47. The van der Waals surface area contributed by atoms with E-state index in [2.05, 4.69) is 29.3 Å². The molecule has 0 saturated carbocycles. The molecule has 3 heteroatoms. The summed E-state index contributed by atoms with van der Waals surface area (Å²) < 4.78 is 0. The van der Waals surface area contributed by atoms with Crippen LogP contribution in [-0.2, 0) is 0 Å². The average molecular weight is 208 g/mol. The first-order valence-corrected chi connectivity index (χ1v) is 5.30. The van der Waals surface area contributed by atoms with Crippen LogP contribution in [0.25, 0.3) is 0 Å². The van der Waals surface area contributed by atoms with Gasteiger partial charge in [0.1, 0.15) is 0 Å². The van der Waals surface area contributed by atoms with Crippen molar-refractivity contribution < 1.29 is 0 Å². The predicted octanol–water partition coefficient (Wildman–Crippen LogP) is 2.41. The Kier molecular flexibility index (Phi) is 4.40. The number of benzene rings is 1. The molecule has 2 nitrogen and oxygen atoms in total. The molecule has 1 N–H and O–H groups in total. The third-order valence-electron chi connectivity index (χ3n) is 1.96. The molecule has 0 unspecified atom stereocenters. The van der Waals surface area contributed by atoms with Crippen LogP contribution in [0.3, 0.4) is 0 Å². The van der Waals surface area contributed by atoms with E-state index in [4.69, 9.17) is 12.2 Å². The second-order valence-electron chi connectivity index (χ2n) is 2.92. The Bertz CT molecular complexity index is 285. The molecule has 0 saturated heterocycles. The molecule has 0 atom stereocenters. The first-order chi connectivity index (χ1) is 6.79.